The second-order valence-electron chi connectivity index (χ2n) is 4.93. The molecule has 2 aromatic carbocycles. The number of nitrogens with zero attached hydrogens (tertiary/aromatic N) is 2. The normalized spacial score (nSPS) is 11.2. The molecule has 0 unspecified atom stereocenters. The molecule has 0 atom stereocenters. The summed E-state index contributed by atoms with van der Waals surface area (Å²) >= 11 is 3.33. The van der Waals surface area contributed by atoms with Gasteiger partial charge in [0.15, 0.2) is 0 Å². The lowest BCUT2D eigenvalue weighted by Crippen LogP contribution is -2.07. The molecule has 3 aromatic rings. The fourth-order valence-corrected chi connectivity index (χ4v) is 3.00. The number of aromatic nitrogens is 2. The summed E-state index contributed by atoms with van der Waals surface area (Å²) in [5, 5.41) is 8.91. The Kier molecular flexibility index (Phi) is 4.03. The monoisotopic (exact) mass is 347 g/mol. The van der Waals surface area contributed by atoms with Gasteiger partial charge in [0.2, 0.25) is 0 Å². The van der Waals surface area contributed by atoms with Crippen molar-refractivity contribution < 1.29 is 4.39 Å². The quantitative estimate of drug-likeness (QED) is 0.779. The lowest BCUT2D eigenvalue weighted by molar-refractivity contribution is 0.618. The van der Waals surface area contributed by atoms with Gasteiger partial charge in [-0.15, -0.1) is 0 Å². The van der Waals surface area contributed by atoms with Crippen LogP contribution in [0.25, 0.3) is 10.9 Å². The molecule has 0 spiro atoms. The van der Waals surface area contributed by atoms with Crippen molar-refractivity contribution in [1.29, 1.82) is 0 Å². The Hall–Kier alpha value is -1.72. The third-order valence-electron chi connectivity index (χ3n) is 3.33. The zero-order chi connectivity index (χ0) is 14.8. The van der Waals surface area contributed by atoms with Gasteiger partial charge in [0.05, 0.1) is 17.8 Å². The Balaban J connectivity index is 2.04. The Bertz CT molecular complexity index is 762. The molecule has 0 aliphatic rings. The van der Waals surface area contributed by atoms with Crippen molar-refractivity contribution in [3.63, 3.8) is 0 Å². The Morgan fingerprint density at radius 1 is 1.24 bits per heavy atom. The molecular formula is C16H15BrFN3. The summed E-state index contributed by atoms with van der Waals surface area (Å²) in [7, 11) is 1.90. The molecule has 0 aliphatic carbocycles. The zero-order valence-electron chi connectivity index (χ0n) is 11.6. The summed E-state index contributed by atoms with van der Waals surface area (Å²) < 4.78 is 16.2. The highest BCUT2D eigenvalue weighted by Crippen LogP contribution is 2.21. The molecule has 21 heavy (non-hydrogen) atoms. The maximum Gasteiger partial charge on any atom is 0.124 e. The highest BCUT2D eigenvalue weighted by molar-refractivity contribution is 9.10. The Labute approximate surface area is 130 Å². The van der Waals surface area contributed by atoms with Crippen LogP contribution in [0.2, 0.25) is 0 Å². The number of para-hydroxylation sites is 1. The number of halogens is 2. The number of rotatable bonds is 4. The standard InChI is InChI=1S/C16H15BrFN3/c1-19-9-15-14-4-2-3-5-16(14)21(20-15)10-11-6-12(17)8-13(18)7-11/h2-8,19H,9-10H2,1H3. The first kappa shape index (κ1) is 14.2. The van der Waals surface area contributed by atoms with Gasteiger partial charge in [0.25, 0.3) is 0 Å². The van der Waals surface area contributed by atoms with Crippen molar-refractivity contribution in [2.45, 2.75) is 13.1 Å². The first-order valence-electron chi connectivity index (χ1n) is 6.71. The van der Waals surface area contributed by atoms with Crippen LogP contribution >= 0.6 is 15.9 Å². The van der Waals surface area contributed by atoms with Crippen molar-refractivity contribution in [3.8, 4) is 0 Å². The third kappa shape index (κ3) is 2.99. The van der Waals surface area contributed by atoms with Crippen LogP contribution in [0.15, 0.2) is 46.9 Å². The van der Waals surface area contributed by atoms with Crippen LogP contribution < -0.4 is 5.32 Å². The molecule has 0 fully saturated rings. The van der Waals surface area contributed by atoms with Crippen molar-refractivity contribution in [3.05, 3.63) is 64.0 Å². The van der Waals surface area contributed by atoms with E-state index < -0.39 is 0 Å². The molecule has 3 rings (SSSR count). The smallest absolute Gasteiger partial charge is 0.124 e. The summed E-state index contributed by atoms with van der Waals surface area (Å²) in [6, 6.07) is 13.0. The topological polar surface area (TPSA) is 29.9 Å². The van der Waals surface area contributed by atoms with Crippen molar-refractivity contribution >= 4 is 26.8 Å². The number of hydrogen-bond acceptors (Lipinski definition) is 2. The molecule has 5 heteroatoms. The first-order valence-corrected chi connectivity index (χ1v) is 7.50. The number of hydrogen-bond donors (Lipinski definition) is 1. The average Bonchev–Trinajstić information content (AvgIpc) is 2.77. The number of fused-ring (bicyclic) bond motifs is 1. The molecule has 0 aliphatic heterocycles. The fourth-order valence-electron chi connectivity index (χ4n) is 2.49. The maximum absolute atomic E-state index is 13.5. The van der Waals surface area contributed by atoms with E-state index in [4.69, 9.17) is 0 Å². The van der Waals surface area contributed by atoms with Crippen LogP contribution in [0.1, 0.15) is 11.3 Å². The average molecular weight is 348 g/mol. The van der Waals surface area contributed by atoms with E-state index in [1.807, 2.05) is 36.0 Å². The van der Waals surface area contributed by atoms with Crippen LogP contribution in [0.4, 0.5) is 4.39 Å². The van der Waals surface area contributed by atoms with Crippen molar-refractivity contribution in [2.24, 2.45) is 0 Å². The molecule has 0 saturated carbocycles. The largest absolute Gasteiger partial charge is 0.314 e. The molecule has 3 nitrogen and oxygen atoms in total. The number of benzene rings is 2. The van der Waals surface area contributed by atoms with E-state index in [2.05, 4.69) is 32.4 Å². The van der Waals surface area contributed by atoms with Gasteiger partial charge < -0.3 is 5.32 Å². The Morgan fingerprint density at radius 2 is 2.05 bits per heavy atom. The summed E-state index contributed by atoms with van der Waals surface area (Å²) in [6.07, 6.45) is 0. The van der Waals surface area contributed by atoms with E-state index in [9.17, 15) is 4.39 Å². The number of nitrogens with one attached hydrogen (secondary N) is 1. The zero-order valence-corrected chi connectivity index (χ0v) is 13.2. The van der Waals surface area contributed by atoms with E-state index in [-0.39, 0.29) is 5.82 Å². The molecular weight excluding hydrogens is 333 g/mol. The Morgan fingerprint density at radius 3 is 2.81 bits per heavy atom. The molecule has 0 saturated heterocycles. The molecule has 0 amide bonds. The van der Waals surface area contributed by atoms with Gasteiger partial charge in [-0.2, -0.15) is 5.10 Å². The van der Waals surface area contributed by atoms with E-state index >= 15 is 0 Å². The molecule has 1 heterocycles. The maximum atomic E-state index is 13.5. The second kappa shape index (κ2) is 5.95. The van der Waals surface area contributed by atoms with Gasteiger partial charge in [0, 0.05) is 16.4 Å². The molecule has 0 radical (unpaired) electrons. The predicted octanol–water partition coefficient (Wildman–Crippen LogP) is 3.71. The minimum atomic E-state index is -0.244. The first-order chi connectivity index (χ1) is 10.2. The fraction of sp³-hybridized carbons (Fsp3) is 0.188. The summed E-state index contributed by atoms with van der Waals surface area (Å²) in [5.41, 5.74) is 2.94. The minimum Gasteiger partial charge on any atom is -0.314 e. The van der Waals surface area contributed by atoms with E-state index in [1.165, 1.54) is 6.07 Å². The third-order valence-corrected chi connectivity index (χ3v) is 3.79. The van der Waals surface area contributed by atoms with Gasteiger partial charge in [-0.1, -0.05) is 34.1 Å². The van der Waals surface area contributed by atoms with Crippen LogP contribution in [-0.4, -0.2) is 16.8 Å². The molecule has 1 N–H and O–H groups in total. The summed E-state index contributed by atoms with van der Waals surface area (Å²) in [5.74, 6) is -0.244. The van der Waals surface area contributed by atoms with Crippen molar-refractivity contribution in [1.82, 2.24) is 15.1 Å². The van der Waals surface area contributed by atoms with Crippen LogP contribution in [0.5, 0.6) is 0 Å². The molecule has 0 bridgehead atoms. The SMILES string of the molecule is CNCc1nn(Cc2cc(F)cc(Br)c2)c2ccccc12. The van der Waals surface area contributed by atoms with Gasteiger partial charge >= 0.3 is 0 Å². The van der Waals surface area contributed by atoms with E-state index in [0.717, 1.165) is 26.6 Å². The lowest BCUT2D eigenvalue weighted by Gasteiger charge is -2.05. The minimum absolute atomic E-state index is 0.244. The summed E-state index contributed by atoms with van der Waals surface area (Å²) in [6.45, 7) is 1.25. The van der Waals surface area contributed by atoms with Gasteiger partial charge in [-0.3, -0.25) is 4.68 Å². The highest BCUT2D eigenvalue weighted by Gasteiger charge is 2.10. The van der Waals surface area contributed by atoms with Crippen LogP contribution in [-0.2, 0) is 13.1 Å². The van der Waals surface area contributed by atoms with Crippen LogP contribution in [0, 0.1) is 5.82 Å². The lowest BCUT2D eigenvalue weighted by atomic mass is 10.2. The van der Waals surface area contributed by atoms with Gasteiger partial charge in [-0.25, -0.2) is 4.39 Å². The van der Waals surface area contributed by atoms with Gasteiger partial charge in [-0.05, 0) is 36.9 Å². The molecule has 1 aromatic heterocycles. The van der Waals surface area contributed by atoms with E-state index in [1.54, 1.807) is 6.07 Å². The molecule has 108 valence electrons. The van der Waals surface area contributed by atoms with E-state index in [0.29, 0.717) is 13.1 Å². The highest BCUT2D eigenvalue weighted by atomic mass is 79.9. The predicted molar refractivity (Wildman–Crippen MR) is 85.7 cm³/mol. The second-order valence-corrected chi connectivity index (χ2v) is 5.85. The van der Waals surface area contributed by atoms with Gasteiger partial charge in [0.1, 0.15) is 5.82 Å². The van der Waals surface area contributed by atoms with Crippen molar-refractivity contribution in [2.75, 3.05) is 7.05 Å². The summed E-state index contributed by atoms with van der Waals surface area (Å²) in [4.78, 5) is 0. The van der Waals surface area contributed by atoms with Crippen LogP contribution in [0.3, 0.4) is 0 Å².